The highest BCUT2D eigenvalue weighted by Gasteiger charge is 2.19. The predicted molar refractivity (Wildman–Crippen MR) is 196 cm³/mol. The quantitative estimate of drug-likeness (QED) is 0.0376. The second-order valence-corrected chi connectivity index (χ2v) is 14.4. The highest BCUT2D eigenvalue weighted by Crippen LogP contribution is 2.15. The van der Waals surface area contributed by atoms with Crippen LogP contribution >= 0.6 is 0 Å². The molecule has 0 aromatic rings. The van der Waals surface area contributed by atoms with Gasteiger partial charge in [-0.3, -0.25) is 14.4 Å². The van der Waals surface area contributed by atoms with Crippen molar-refractivity contribution < 1.29 is 28.6 Å². The summed E-state index contributed by atoms with van der Waals surface area (Å²) in [5.41, 5.74) is 0. The van der Waals surface area contributed by atoms with E-state index in [-0.39, 0.29) is 31.1 Å². The van der Waals surface area contributed by atoms with Gasteiger partial charge in [-0.25, -0.2) is 0 Å². The maximum absolute atomic E-state index is 12.5. The van der Waals surface area contributed by atoms with Gasteiger partial charge in [0, 0.05) is 19.3 Å². The van der Waals surface area contributed by atoms with E-state index in [2.05, 4.69) is 27.7 Å². The van der Waals surface area contributed by atoms with Crippen LogP contribution in [0.4, 0.5) is 0 Å². The Bertz CT molecular complexity index is 706. The van der Waals surface area contributed by atoms with Gasteiger partial charge in [0.15, 0.2) is 6.10 Å². The first kappa shape index (κ1) is 45.4. The van der Waals surface area contributed by atoms with Crippen LogP contribution in [0.15, 0.2) is 0 Å². The first-order valence-corrected chi connectivity index (χ1v) is 20.4. The van der Waals surface area contributed by atoms with Gasteiger partial charge in [-0.05, 0) is 25.2 Å². The van der Waals surface area contributed by atoms with Crippen molar-refractivity contribution in [3.05, 3.63) is 0 Å². The Kier molecular flexibility index (Phi) is 34.5. The number of ether oxygens (including phenoxy) is 3. The van der Waals surface area contributed by atoms with E-state index in [9.17, 15) is 14.4 Å². The maximum Gasteiger partial charge on any atom is 0.306 e. The van der Waals surface area contributed by atoms with Crippen LogP contribution < -0.4 is 0 Å². The number of esters is 3. The molecule has 0 amide bonds. The number of hydrogen-bond acceptors (Lipinski definition) is 6. The minimum absolute atomic E-state index is 0.0662. The van der Waals surface area contributed by atoms with E-state index in [0.717, 1.165) is 70.1 Å². The smallest absolute Gasteiger partial charge is 0.306 e. The first-order chi connectivity index (χ1) is 22.9. The number of unbranched alkanes of at least 4 members (excludes halogenated alkanes) is 23. The Hall–Kier alpha value is -1.59. The minimum atomic E-state index is -0.756. The van der Waals surface area contributed by atoms with Crippen molar-refractivity contribution in [2.75, 3.05) is 13.2 Å². The molecule has 0 aromatic carbocycles. The van der Waals surface area contributed by atoms with Gasteiger partial charge >= 0.3 is 17.9 Å². The van der Waals surface area contributed by atoms with Crippen LogP contribution in [0.5, 0.6) is 0 Å². The van der Waals surface area contributed by atoms with Crippen LogP contribution in [-0.2, 0) is 28.6 Å². The Labute approximate surface area is 291 Å². The van der Waals surface area contributed by atoms with Gasteiger partial charge in [0.25, 0.3) is 0 Å². The molecule has 6 heteroatoms. The van der Waals surface area contributed by atoms with E-state index >= 15 is 0 Å². The van der Waals surface area contributed by atoms with Gasteiger partial charge in [-0.1, -0.05) is 182 Å². The van der Waals surface area contributed by atoms with Crippen molar-refractivity contribution in [2.24, 2.45) is 5.92 Å². The van der Waals surface area contributed by atoms with Gasteiger partial charge in [-0.15, -0.1) is 0 Å². The molecule has 1 atom stereocenters. The summed E-state index contributed by atoms with van der Waals surface area (Å²) in [4.78, 5) is 37.3. The van der Waals surface area contributed by atoms with Crippen molar-refractivity contribution in [1.29, 1.82) is 0 Å². The van der Waals surface area contributed by atoms with E-state index < -0.39 is 6.10 Å². The molecular weight excluding hydrogens is 588 g/mol. The normalized spacial score (nSPS) is 11.9. The van der Waals surface area contributed by atoms with Gasteiger partial charge in [0.05, 0.1) is 0 Å². The lowest BCUT2D eigenvalue weighted by atomic mass is 10.0. The lowest BCUT2D eigenvalue weighted by molar-refractivity contribution is -0.167. The zero-order valence-electron chi connectivity index (χ0n) is 31.7. The van der Waals surface area contributed by atoms with E-state index in [4.69, 9.17) is 14.2 Å². The molecular formula is C41H78O6. The van der Waals surface area contributed by atoms with Gasteiger partial charge in [0.2, 0.25) is 0 Å². The Morgan fingerprint density at radius 3 is 1.04 bits per heavy atom. The van der Waals surface area contributed by atoms with Gasteiger partial charge < -0.3 is 14.2 Å². The van der Waals surface area contributed by atoms with Crippen molar-refractivity contribution in [2.45, 2.75) is 226 Å². The summed E-state index contributed by atoms with van der Waals surface area (Å²) in [6, 6.07) is 0. The molecule has 0 bridgehead atoms. The molecule has 0 unspecified atom stereocenters. The Balaban J connectivity index is 4.20. The highest BCUT2D eigenvalue weighted by atomic mass is 16.6. The molecule has 0 radical (unpaired) electrons. The molecule has 0 aliphatic rings. The van der Waals surface area contributed by atoms with Crippen molar-refractivity contribution >= 4 is 17.9 Å². The number of carbonyl (C=O) groups excluding carboxylic acids is 3. The van der Waals surface area contributed by atoms with Crippen molar-refractivity contribution in [3.63, 3.8) is 0 Å². The van der Waals surface area contributed by atoms with Gasteiger partial charge in [-0.2, -0.15) is 0 Å². The first-order valence-electron chi connectivity index (χ1n) is 20.4. The fourth-order valence-corrected chi connectivity index (χ4v) is 5.92. The number of rotatable bonds is 36. The molecule has 0 aliphatic heterocycles. The summed E-state index contributed by atoms with van der Waals surface area (Å²) in [6.45, 7) is 8.86. The summed E-state index contributed by atoms with van der Waals surface area (Å²) >= 11 is 0. The molecule has 47 heavy (non-hydrogen) atoms. The number of hydrogen-bond donors (Lipinski definition) is 0. The van der Waals surface area contributed by atoms with E-state index in [1.165, 1.54) is 109 Å². The molecule has 0 aromatic heterocycles. The third-order valence-electron chi connectivity index (χ3n) is 9.04. The number of carbonyl (C=O) groups is 3. The van der Waals surface area contributed by atoms with Crippen LogP contribution in [0.1, 0.15) is 220 Å². The van der Waals surface area contributed by atoms with Crippen LogP contribution in [-0.4, -0.2) is 37.2 Å². The second kappa shape index (κ2) is 35.7. The lowest BCUT2D eigenvalue weighted by Gasteiger charge is -2.18. The molecule has 0 N–H and O–H groups in total. The van der Waals surface area contributed by atoms with E-state index in [0.29, 0.717) is 19.3 Å². The van der Waals surface area contributed by atoms with Crippen LogP contribution in [0, 0.1) is 5.92 Å². The summed E-state index contributed by atoms with van der Waals surface area (Å²) in [6.07, 6.45) is 32.6. The third kappa shape index (κ3) is 35.5. The zero-order chi connectivity index (χ0) is 34.6. The third-order valence-corrected chi connectivity index (χ3v) is 9.04. The predicted octanol–water partition coefficient (Wildman–Crippen LogP) is 12.4. The summed E-state index contributed by atoms with van der Waals surface area (Å²) in [5.74, 6) is -0.0805. The standard InChI is InChI=1S/C41H78O6/c1-5-7-9-11-12-13-14-15-16-17-21-25-28-32-39(42)45-35-38(47-41(44)34-30-23-10-8-6-2)36-46-40(43)33-29-26-22-19-18-20-24-27-31-37(3)4/h37-38H,5-36H2,1-4H3/t38-/m1/s1. The van der Waals surface area contributed by atoms with Crippen LogP contribution in [0.3, 0.4) is 0 Å². The fourth-order valence-electron chi connectivity index (χ4n) is 5.92. The average Bonchev–Trinajstić information content (AvgIpc) is 3.05. The lowest BCUT2D eigenvalue weighted by Crippen LogP contribution is -2.30. The van der Waals surface area contributed by atoms with Crippen LogP contribution in [0.25, 0.3) is 0 Å². The fraction of sp³-hybridized carbons (Fsp3) is 0.927. The summed E-state index contributed by atoms with van der Waals surface area (Å²) in [5, 5.41) is 0. The molecule has 0 fully saturated rings. The van der Waals surface area contributed by atoms with Crippen molar-refractivity contribution in [3.8, 4) is 0 Å². The zero-order valence-corrected chi connectivity index (χ0v) is 31.7. The molecule has 0 aliphatic carbocycles. The SMILES string of the molecule is CCCCCCCCCCCCCCCC(=O)OC[C@H](COC(=O)CCCCCCCCCCC(C)C)OC(=O)CCCCCCC. The molecule has 0 spiro atoms. The largest absolute Gasteiger partial charge is 0.462 e. The molecule has 0 saturated carbocycles. The summed E-state index contributed by atoms with van der Waals surface area (Å²) in [7, 11) is 0. The minimum Gasteiger partial charge on any atom is -0.462 e. The Morgan fingerprint density at radius 2 is 0.702 bits per heavy atom. The molecule has 6 nitrogen and oxygen atoms in total. The van der Waals surface area contributed by atoms with Gasteiger partial charge in [0.1, 0.15) is 13.2 Å². The average molecular weight is 667 g/mol. The second-order valence-electron chi connectivity index (χ2n) is 14.4. The maximum atomic E-state index is 12.5. The summed E-state index contributed by atoms with van der Waals surface area (Å²) < 4.78 is 16.5. The van der Waals surface area contributed by atoms with E-state index in [1.807, 2.05) is 0 Å². The Morgan fingerprint density at radius 1 is 0.404 bits per heavy atom. The van der Waals surface area contributed by atoms with Crippen LogP contribution in [0.2, 0.25) is 0 Å². The molecule has 0 heterocycles. The highest BCUT2D eigenvalue weighted by molar-refractivity contribution is 5.71. The monoisotopic (exact) mass is 667 g/mol. The topological polar surface area (TPSA) is 78.9 Å². The molecule has 278 valence electrons. The van der Waals surface area contributed by atoms with E-state index in [1.54, 1.807) is 0 Å². The molecule has 0 rings (SSSR count). The molecule has 0 saturated heterocycles. The van der Waals surface area contributed by atoms with Crippen molar-refractivity contribution in [1.82, 2.24) is 0 Å².